The van der Waals surface area contributed by atoms with Gasteiger partial charge in [-0.3, -0.25) is 0 Å². The third-order valence-corrected chi connectivity index (χ3v) is 4.42. The second-order valence-corrected chi connectivity index (χ2v) is 5.87. The molecule has 0 heterocycles. The maximum atomic E-state index is 12.8. The molecule has 2 atom stereocenters. The first-order chi connectivity index (χ1) is 10.3. The quantitative estimate of drug-likeness (QED) is 0.857. The minimum absolute atomic E-state index is 0. The van der Waals surface area contributed by atoms with Crippen LogP contribution in [0.15, 0.2) is 18.2 Å². The zero-order chi connectivity index (χ0) is 16.3. The van der Waals surface area contributed by atoms with Crippen LogP contribution >= 0.6 is 12.4 Å². The van der Waals surface area contributed by atoms with Gasteiger partial charge in [-0.1, -0.05) is 25.3 Å². The highest BCUT2D eigenvalue weighted by atomic mass is 35.5. The van der Waals surface area contributed by atoms with E-state index in [-0.39, 0.29) is 24.1 Å². The van der Waals surface area contributed by atoms with Gasteiger partial charge in [0.2, 0.25) is 0 Å². The van der Waals surface area contributed by atoms with E-state index in [0.717, 1.165) is 44.2 Å². The van der Waals surface area contributed by atoms with Crippen LogP contribution in [-0.2, 0) is 6.18 Å². The molecule has 1 aliphatic rings. The van der Waals surface area contributed by atoms with Gasteiger partial charge < -0.3 is 15.6 Å². The monoisotopic (exact) mass is 353 g/mol. The summed E-state index contributed by atoms with van der Waals surface area (Å²) >= 11 is 0. The van der Waals surface area contributed by atoms with Gasteiger partial charge in [-0.2, -0.15) is 13.2 Å². The van der Waals surface area contributed by atoms with Crippen LogP contribution in [0, 0.1) is 5.92 Å². The van der Waals surface area contributed by atoms with Gasteiger partial charge in [0, 0.05) is 5.56 Å². The summed E-state index contributed by atoms with van der Waals surface area (Å²) in [5.74, 6) is 0.160. The van der Waals surface area contributed by atoms with E-state index in [1.54, 1.807) is 0 Å². The smallest absolute Gasteiger partial charge is 0.416 e. The Labute approximate surface area is 140 Å². The Bertz CT molecular complexity index is 505. The normalized spacial score (nSPS) is 18.9. The first-order valence-corrected chi connectivity index (χ1v) is 7.53. The van der Waals surface area contributed by atoms with Gasteiger partial charge >= 0.3 is 6.18 Å². The van der Waals surface area contributed by atoms with Crippen molar-refractivity contribution in [3.05, 3.63) is 29.3 Å². The van der Waals surface area contributed by atoms with Crippen molar-refractivity contribution in [3.63, 3.8) is 0 Å². The van der Waals surface area contributed by atoms with Crippen molar-refractivity contribution in [3.8, 4) is 5.75 Å². The molecule has 1 aromatic carbocycles. The molecule has 132 valence electrons. The highest BCUT2D eigenvalue weighted by Gasteiger charge is 2.33. The maximum Gasteiger partial charge on any atom is 0.416 e. The van der Waals surface area contributed by atoms with Crippen LogP contribution in [0.1, 0.15) is 49.3 Å². The Hall–Kier alpha value is -0.980. The van der Waals surface area contributed by atoms with Crippen LogP contribution < -0.4 is 10.5 Å². The van der Waals surface area contributed by atoms with E-state index in [2.05, 4.69) is 0 Å². The van der Waals surface area contributed by atoms with Gasteiger partial charge in [0.1, 0.15) is 5.75 Å². The van der Waals surface area contributed by atoms with Crippen LogP contribution in [0.4, 0.5) is 13.2 Å². The second kappa shape index (κ2) is 8.22. The SMILES string of the molecule is COc1cc(C(F)(F)F)ccc1[C@H](N)[C@H](O)C1CCCCC1.Cl. The van der Waals surface area contributed by atoms with Crippen molar-refractivity contribution in [2.45, 2.75) is 50.4 Å². The number of alkyl halides is 3. The van der Waals surface area contributed by atoms with Crippen molar-refractivity contribution in [2.75, 3.05) is 7.11 Å². The van der Waals surface area contributed by atoms with E-state index >= 15 is 0 Å². The zero-order valence-corrected chi connectivity index (χ0v) is 13.8. The Morgan fingerprint density at radius 1 is 1.22 bits per heavy atom. The number of methoxy groups -OCH3 is 1. The lowest BCUT2D eigenvalue weighted by molar-refractivity contribution is -0.137. The molecule has 0 amide bonds. The zero-order valence-electron chi connectivity index (χ0n) is 13.0. The van der Waals surface area contributed by atoms with Gasteiger partial charge in [-0.25, -0.2) is 0 Å². The molecule has 3 nitrogen and oxygen atoms in total. The lowest BCUT2D eigenvalue weighted by atomic mass is 9.81. The summed E-state index contributed by atoms with van der Waals surface area (Å²) in [5.41, 5.74) is 5.72. The van der Waals surface area contributed by atoms with Crippen molar-refractivity contribution in [1.82, 2.24) is 0 Å². The predicted molar refractivity (Wildman–Crippen MR) is 84.8 cm³/mol. The van der Waals surface area contributed by atoms with Gasteiger partial charge in [0.05, 0.1) is 24.8 Å². The van der Waals surface area contributed by atoms with Crippen molar-refractivity contribution in [2.24, 2.45) is 11.7 Å². The lowest BCUT2D eigenvalue weighted by Crippen LogP contribution is -2.34. The molecule has 0 aliphatic heterocycles. The van der Waals surface area contributed by atoms with Gasteiger partial charge in [-0.15, -0.1) is 12.4 Å². The molecule has 23 heavy (non-hydrogen) atoms. The number of ether oxygens (including phenoxy) is 1. The number of rotatable bonds is 4. The average molecular weight is 354 g/mol. The third-order valence-electron chi connectivity index (χ3n) is 4.42. The minimum atomic E-state index is -4.43. The van der Waals surface area contributed by atoms with Crippen LogP contribution in [0.5, 0.6) is 5.75 Å². The molecule has 1 aromatic rings. The highest BCUT2D eigenvalue weighted by molar-refractivity contribution is 5.85. The number of benzene rings is 1. The van der Waals surface area contributed by atoms with E-state index in [4.69, 9.17) is 10.5 Å². The van der Waals surface area contributed by atoms with Crippen LogP contribution in [-0.4, -0.2) is 18.3 Å². The second-order valence-electron chi connectivity index (χ2n) is 5.87. The summed E-state index contributed by atoms with van der Waals surface area (Å²) in [4.78, 5) is 0. The summed E-state index contributed by atoms with van der Waals surface area (Å²) in [6, 6.07) is 2.47. The summed E-state index contributed by atoms with van der Waals surface area (Å²) in [5, 5.41) is 10.4. The van der Waals surface area contributed by atoms with Gasteiger partial charge in [-0.05, 0) is 30.9 Å². The lowest BCUT2D eigenvalue weighted by Gasteiger charge is -2.31. The van der Waals surface area contributed by atoms with E-state index in [1.807, 2.05) is 0 Å². The number of hydrogen-bond donors (Lipinski definition) is 2. The largest absolute Gasteiger partial charge is 0.496 e. The molecule has 0 bridgehead atoms. The fourth-order valence-corrected chi connectivity index (χ4v) is 3.12. The summed E-state index contributed by atoms with van der Waals surface area (Å²) in [6.45, 7) is 0. The number of halogens is 4. The number of hydrogen-bond acceptors (Lipinski definition) is 3. The molecular weight excluding hydrogens is 331 g/mol. The summed E-state index contributed by atoms with van der Waals surface area (Å²) < 4.78 is 43.3. The van der Waals surface area contributed by atoms with Crippen molar-refractivity contribution >= 4 is 12.4 Å². The van der Waals surface area contributed by atoms with Gasteiger partial charge in [0.15, 0.2) is 0 Å². The third kappa shape index (κ3) is 4.75. The van der Waals surface area contributed by atoms with Gasteiger partial charge in [0.25, 0.3) is 0 Å². The van der Waals surface area contributed by atoms with E-state index in [9.17, 15) is 18.3 Å². The molecule has 1 aliphatic carbocycles. The molecule has 1 fully saturated rings. The molecule has 0 radical (unpaired) electrons. The summed E-state index contributed by atoms with van der Waals surface area (Å²) in [7, 11) is 1.30. The number of aliphatic hydroxyl groups is 1. The molecular formula is C16H23ClF3NO2. The number of aliphatic hydroxyl groups excluding tert-OH is 1. The highest BCUT2D eigenvalue weighted by Crippen LogP contribution is 2.37. The first-order valence-electron chi connectivity index (χ1n) is 7.53. The standard InChI is InChI=1S/C16H22F3NO2.ClH/c1-22-13-9-11(16(17,18)19)7-8-12(13)14(20)15(21)10-5-3-2-4-6-10;/h7-10,14-15,21H,2-6,20H2,1H3;1H/t14-,15+;/m0./s1. The first kappa shape index (κ1) is 20.1. The molecule has 3 N–H and O–H groups in total. The van der Waals surface area contributed by atoms with Crippen LogP contribution in [0.2, 0.25) is 0 Å². The predicted octanol–water partition coefficient (Wildman–Crippen LogP) is 4.08. The molecule has 0 saturated heterocycles. The Morgan fingerprint density at radius 3 is 2.35 bits per heavy atom. The maximum absolute atomic E-state index is 12.8. The average Bonchev–Trinajstić information content (AvgIpc) is 2.52. The number of nitrogens with two attached hydrogens (primary N) is 1. The molecule has 1 saturated carbocycles. The summed E-state index contributed by atoms with van der Waals surface area (Å²) in [6.07, 6.45) is -0.141. The Morgan fingerprint density at radius 2 is 1.83 bits per heavy atom. The topological polar surface area (TPSA) is 55.5 Å². The van der Waals surface area contributed by atoms with Crippen molar-refractivity contribution in [1.29, 1.82) is 0 Å². The van der Waals surface area contributed by atoms with E-state index in [0.29, 0.717) is 5.56 Å². The van der Waals surface area contributed by atoms with Crippen LogP contribution in [0.25, 0.3) is 0 Å². The fourth-order valence-electron chi connectivity index (χ4n) is 3.12. The van der Waals surface area contributed by atoms with Crippen molar-refractivity contribution < 1.29 is 23.0 Å². The molecule has 0 aromatic heterocycles. The minimum Gasteiger partial charge on any atom is -0.496 e. The van der Waals surface area contributed by atoms with Crippen LogP contribution in [0.3, 0.4) is 0 Å². The molecule has 2 rings (SSSR count). The molecule has 7 heteroatoms. The molecule has 0 unspecified atom stereocenters. The molecule has 0 spiro atoms. The van der Waals surface area contributed by atoms with E-state index < -0.39 is 23.9 Å². The fraction of sp³-hybridized carbons (Fsp3) is 0.625. The Kier molecular flexibility index (Phi) is 7.17. The Balaban J connectivity index is 0.00000264. The van der Waals surface area contributed by atoms with E-state index in [1.165, 1.54) is 13.2 Å².